The number of hydrogen-bond donors (Lipinski definition) is 2. The number of carbonyl (C=O) groups is 1. The van der Waals surface area contributed by atoms with Crippen molar-refractivity contribution in [3.8, 4) is 11.5 Å². The number of aromatic nitrogens is 3. The minimum absolute atomic E-state index is 0.0140. The number of pyridine rings is 2. The molecule has 3 aromatic heterocycles. The van der Waals surface area contributed by atoms with Crippen molar-refractivity contribution in [3.05, 3.63) is 104 Å². The number of aromatic hydroxyl groups is 1. The lowest BCUT2D eigenvalue weighted by atomic mass is 9.88. The molecule has 206 valence electrons. The van der Waals surface area contributed by atoms with Gasteiger partial charge < -0.3 is 28.7 Å². The Labute approximate surface area is 230 Å². The van der Waals surface area contributed by atoms with Crippen LogP contribution in [0.25, 0.3) is 21.8 Å². The number of aromatic amines is 1. The van der Waals surface area contributed by atoms with Crippen LogP contribution in [0.5, 0.6) is 11.5 Å². The second kappa shape index (κ2) is 10.8. The first-order chi connectivity index (χ1) is 19.2. The zero-order chi connectivity index (χ0) is 28.6. The number of hydrogen-bond acceptors (Lipinski definition) is 6. The number of aryl methyl sites for hydroxylation is 3. The van der Waals surface area contributed by atoms with E-state index in [9.17, 15) is 19.5 Å². The lowest BCUT2D eigenvalue weighted by Gasteiger charge is -2.21. The number of nitrogens with zero attached hydrogens (tertiary/aromatic N) is 2. The summed E-state index contributed by atoms with van der Waals surface area (Å²) in [5.74, 6) is -1.30. The Bertz CT molecular complexity index is 1860. The molecule has 1 unspecified atom stereocenters. The summed E-state index contributed by atoms with van der Waals surface area (Å²) in [7, 11) is 4.42. The van der Waals surface area contributed by atoms with E-state index in [0.29, 0.717) is 29.9 Å². The van der Waals surface area contributed by atoms with Gasteiger partial charge in [-0.05, 0) is 54.6 Å². The van der Waals surface area contributed by atoms with Crippen LogP contribution in [0.3, 0.4) is 0 Å². The molecule has 0 aliphatic carbocycles. The molecule has 5 aromatic rings. The van der Waals surface area contributed by atoms with Gasteiger partial charge in [0.25, 0.3) is 11.1 Å². The van der Waals surface area contributed by atoms with E-state index < -0.39 is 17.4 Å². The first kappa shape index (κ1) is 26.8. The summed E-state index contributed by atoms with van der Waals surface area (Å²) in [6, 6.07) is 16.4. The largest absolute Gasteiger partial charge is 0.507 e. The summed E-state index contributed by atoms with van der Waals surface area (Å²) < 4.78 is 13.3. The molecule has 0 saturated carbocycles. The van der Waals surface area contributed by atoms with Crippen molar-refractivity contribution >= 4 is 27.8 Å². The fourth-order valence-electron chi connectivity index (χ4n) is 5.41. The molecule has 0 spiro atoms. The van der Waals surface area contributed by atoms with Crippen LogP contribution < -0.4 is 15.9 Å². The molecule has 9 heteroatoms. The van der Waals surface area contributed by atoms with Crippen LogP contribution in [0.2, 0.25) is 0 Å². The average Bonchev–Trinajstić information content (AvgIpc) is 3.37. The average molecular weight is 542 g/mol. The molecule has 0 saturated heterocycles. The molecule has 0 bridgehead atoms. The van der Waals surface area contributed by atoms with E-state index in [2.05, 4.69) is 4.98 Å². The number of fused-ring (bicyclic) bond motifs is 2. The minimum atomic E-state index is -1.02. The number of para-hydroxylation sites is 1. The van der Waals surface area contributed by atoms with Crippen molar-refractivity contribution in [1.29, 1.82) is 0 Å². The monoisotopic (exact) mass is 541 g/mol. The number of esters is 1. The smallest absolute Gasteiger partial charge is 0.306 e. The van der Waals surface area contributed by atoms with Crippen molar-refractivity contribution in [2.24, 2.45) is 7.05 Å². The zero-order valence-electron chi connectivity index (χ0n) is 22.9. The predicted octanol–water partition coefficient (Wildman–Crippen LogP) is 4.14. The lowest BCUT2D eigenvalue weighted by molar-refractivity contribution is -0.140. The Balaban J connectivity index is 1.63. The molecule has 0 aliphatic rings. The van der Waals surface area contributed by atoms with Gasteiger partial charge >= 0.3 is 5.97 Å². The lowest BCUT2D eigenvalue weighted by Crippen LogP contribution is -2.32. The normalized spacial score (nSPS) is 12.1. The van der Waals surface area contributed by atoms with Crippen molar-refractivity contribution < 1.29 is 19.4 Å². The summed E-state index contributed by atoms with van der Waals surface area (Å²) in [4.78, 5) is 43.4. The summed E-state index contributed by atoms with van der Waals surface area (Å²) >= 11 is 0. The molecule has 3 heterocycles. The molecule has 0 amide bonds. The highest BCUT2D eigenvalue weighted by atomic mass is 16.5. The van der Waals surface area contributed by atoms with Crippen molar-refractivity contribution in [3.63, 3.8) is 0 Å². The van der Waals surface area contributed by atoms with E-state index in [0.717, 1.165) is 21.9 Å². The zero-order valence-corrected chi connectivity index (χ0v) is 22.9. The van der Waals surface area contributed by atoms with Gasteiger partial charge in [-0.25, -0.2) is 0 Å². The second-order valence-electron chi connectivity index (χ2n) is 9.87. The number of nitrogens with one attached hydrogen (secondary N) is 1. The Morgan fingerprint density at radius 2 is 1.82 bits per heavy atom. The van der Waals surface area contributed by atoms with E-state index in [1.807, 2.05) is 30.5 Å². The molecule has 40 heavy (non-hydrogen) atoms. The molecular formula is C31H31N3O6. The summed E-state index contributed by atoms with van der Waals surface area (Å²) in [5, 5.41) is 12.9. The van der Waals surface area contributed by atoms with Gasteiger partial charge in [-0.2, -0.15) is 0 Å². The van der Waals surface area contributed by atoms with Gasteiger partial charge in [-0.1, -0.05) is 18.2 Å². The molecular weight excluding hydrogens is 510 g/mol. The third kappa shape index (κ3) is 4.75. The van der Waals surface area contributed by atoms with E-state index in [1.165, 1.54) is 17.7 Å². The number of carbonyl (C=O) groups excluding carboxylic acids is 1. The molecule has 0 fully saturated rings. The first-order valence-corrected chi connectivity index (χ1v) is 13.0. The molecule has 0 radical (unpaired) electrons. The number of benzene rings is 2. The highest BCUT2D eigenvalue weighted by Gasteiger charge is 2.29. The fourth-order valence-corrected chi connectivity index (χ4v) is 5.41. The molecule has 9 nitrogen and oxygen atoms in total. The maximum Gasteiger partial charge on any atom is 0.306 e. The Hall–Kier alpha value is -4.79. The van der Waals surface area contributed by atoms with Crippen LogP contribution in [0.15, 0.2) is 70.4 Å². The van der Waals surface area contributed by atoms with Crippen molar-refractivity contribution in [1.82, 2.24) is 14.1 Å². The van der Waals surface area contributed by atoms with E-state index in [4.69, 9.17) is 9.47 Å². The van der Waals surface area contributed by atoms with Gasteiger partial charge in [0, 0.05) is 53.9 Å². The topological polar surface area (TPSA) is 116 Å². The fraction of sp³-hybridized carbons (Fsp3) is 0.258. The van der Waals surface area contributed by atoms with Gasteiger partial charge in [0.15, 0.2) is 0 Å². The third-order valence-electron chi connectivity index (χ3n) is 7.59. The van der Waals surface area contributed by atoms with Crippen molar-refractivity contribution in [2.45, 2.75) is 32.2 Å². The van der Waals surface area contributed by atoms with Gasteiger partial charge in [0.2, 0.25) is 0 Å². The standard InChI is InChI=1S/C31H31N3O6/c1-18-13-27(35)29(31(38)34(18)12-11-20-17-32-25-8-6-5-7-22(20)25)23(16-28(36)40-4)24-14-19-9-10-21(39-3)15-26(19)33(2)30(24)37/h5-10,13-15,17,23,32,35H,11-12,16H2,1-4H3. The van der Waals surface area contributed by atoms with Gasteiger partial charge in [-0.3, -0.25) is 14.4 Å². The van der Waals surface area contributed by atoms with Gasteiger partial charge in [-0.15, -0.1) is 0 Å². The SMILES string of the molecule is COC(=O)CC(c1c(O)cc(C)n(CCc2c[nH]c3ccccc23)c1=O)c1cc2ccc(OC)cc2n(C)c1=O. The summed E-state index contributed by atoms with van der Waals surface area (Å²) in [5.41, 5.74) is 2.63. The maximum atomic E-state index is 14.0. The van der Waals surface area contributed by atoms with Crippen LogP contribution in [0.4, 0.5) is 0 Å². The van der Waals surface area contributed by atoms with Crippen LogP contribution in [0, 0.1) is 6.92 Å². The van der Waals surface area contributed by atoms with Crippen LogP contribution in [-0.4, -0.2) is 39.4 Å². The quantitative estimate of drug-likeness (QED) is 0.285. The van der Waals surface area contributed by atoms with Crippen molar-refractivity contribution in [2.75, 3.05) is 14.2 Å². The van der Waals surface area contributed by atoms with Crippen LogP contribution in [-0.2, 0) is 29.5 Å². The Morgan fingerprint density at radius 1 is 1.05 bits per heavy atom. The third-order valence-corrected chi connectivity index (χ3v) is 7.59. The predicted molar refractivity (Wildman–Crippen MR) is 153 cm³/mol. The summed E-state index contributed by atoms with van der Waals surface area (Å²) in [6.45, 7) is 2.10. The molecule has 5 rings (SSSR count). The number of H-pyrrole nitrogens is 1. The first-order valence-electron chi connectivity index (χ1n) is 13.0. The highest BCUT2D eigenvalue weighted by molar-refractivity contribution is 5.83. The van der Waals surface area contributed by atoms with E-state index in [-0.39, 0.29) is 28.9 Å². The minimum Gasteiger partial charge on any atom is -0.507 e. The van der Waals surface area contributed by atoms with E-state index >= 15 is 0 Å². The Kier molecular flexibility index (Phi) is 7.21. The Morgan fingerprint density at radius 3 is 2.58 bits per heavy atom. The summed E-state index contributed by atoms with van der Waals surface area (Å²) in [6.07, 6.45) is 2.21. The molecule has 2 N–H and O–H groups in total. The molecule has 1 atom stereocenters. The van der Waals surface area contributed by atoms with Crippen LogP contribution >= 0.6 is 0 Å². The second-order valence-corrected chi connectivity index (χ2v) is 9.87. The van der Waals surface area contributed by atoms with Gasteiger partial charge in [0.1, 0.15) is 11.5 Å². The molecule has 0 aliphatic heterocycles. The number of methoxy groups -OCH3 is 2. The maximum absolute atomic E-state index is 14.0. The van der Waals surface area contributed by atoms with Crippen LogP contribution in [0.1, 0.15) is 34.7 Å². The van der Waals surface area contributed by atoms with Gasteiger partial charge in [0.05, 0.1) is 31.7 Å². The molecule has 2 aromatic carbocycles. The number of ether oxygens (including phenoxy) is 2. The highest BCUT2D eigenvalue weighted by Crippen LogP contribution is 2.33. The van der Waals surface area contributed by atoms with E-state index in [1.54, 1.807) is 49.9 Å². The number of rotatable bonds is 8.